The van der Waals surface area contributed by atoms with Crippen LogP contribution in [0.3, 0.4) is 0 Å². The minimum Gasteiger partial charge on any atom is -0.468 e. The molecule has 2 heterocycles. The second-order valence-corrected chi connectivity index (χ2v) is 10.8. The lowest BCUT2D eigenvalue weighted by Crippen LogP contribution is -2.15. The second-order valence-electron chi connectivity index (χ2n) is 10.8. The Balaban J connectivity index is 0.000000473. The highest BCUT2D eigenvalue weighted by molar-refractivity contribution is 5.69. The first kappa shape index (κ1) is 38.8. The number of primary amides is 1. The van der Waals surface area contributed by atoms with Crippen molar-refractivity contribution in [3.8, 4) is 11.3 Å². The van der Waals surface area contributed by atoms with Gasteiger partial charge in [-0.3, -0.25) is 4.79 Å². The largest absolute Gasteiger partial charge is 0.468 e. The maximum absolute atomic E-state index is 13.1. The minimum atomic E-state index is -4.45. The fourth-order valence-corrected chi connectivity index (χ4v) is 5.03. The number of fused-ring (bicyclic) bond motifs is 3. The number of aryl methyl sites for hydroxylation is 1. The number of halogens is 3. The summed E-state index contributed by atoms with van der Waals surface area (Å²) >= 11 is 0. The lowest BCUT2D eigenvalue weighted by Gasteiger charge is -2.21. The van der Waals surface area contributed by atoms with Crippen molar-refractivity contribution in [2.45, 2.75) is 112 Å². The average Bonchev–Trinajstić information content (AvgIpc) is 3.07. The number of hydrogen-bond acceptors (Lipinski definition) is 7. The van der Waals surface area contributed by atoms with Gasteiger partial charge in [0.05, 0.1) is 30.2 Å². The van der Waals surface area contributed by atoms with Gasteiger partial charge in [-0.15, -0.1) is 5.10 Å². The quantitative estimate of drug-likeness (QED) is 0.197. The Morgan fingerprint density at radius 2 is 1.86 bits per heavy atom. The lowest BCUT2D eigenvalue weighted by atomic mass is 9.85. The highest BCUT2D eigenvalue weighted by Gasteiger charge is 2.32. The Kier molecular flexibility index (Phi) is 18.3. The molecule has 1 aromatic heterocycles. The number of ether oxygens (including phenoxy) is 3. The first-order valence-electron chi connectivity index (χ1n) is 15.5. The van der Waals surface area contributed by atoms with Gasteiger partial charge in [0.1, 0.15) is 6.61 Å². The van der Waals surface area contributed by atoms with Crippen LogP contribution in [0.4, 0.5) is 18.0 Å². The SMILES string of the molecule is CCCCCC(CC)C(C)CC.CCOC=O.Cc1nnc2c(c1COC(N)=O)CCCOCc1cc(C(F)(F)F)ccc1-2. The molecule has 0 saturated heterocycles. The molecule has 0 aliphatic carbocycles. The van der Waals surface area contributed by atoms with Crippen LogP contribution in [0.25, 0.3) is 11.3 Å². The molecule has 44 heavy (non-hydrogen) atoms. The van der Waals surface area contributed by atoms with E-state index in [-0.39, 0.29) is 13.2 Å². The van der Waals surface area contributed by atoms with Crippen molar-refractivity contribution < 1.29 is 37.0 Å². The molecule has 0 saturated carbocycles. The molecule has 0 bridgehead atoms. The van der Waals surface area contributed by atoms with Gasteiger partial charge < -0.3 is 19.9 Å². The van der Waals surface area contributed by atoms with E-state index in [0.29, 0.717) is 60.6 Å². The number of amides is 1. The van der Waals surface area contributed by atoms with Crippen LogP contribution in [0, 0.1) is 18.8 Å². The first-order valence-corrected chi connectivity index (χ1v) is 15.5. The normalized spacial score (nSPS) is 13.9. The van der Waals surface area contributed by atoms with Gasteiger partial charge in [-0.25, -0.2) is 4.79 Å². The fourth-order valence-electron chi connectivity index (χ4n) is 5.03. The Labute approximate surface area is 260 Å². The molecule has 2 atom stereocenters. The van der Waals surface area contributed by atoms with E-state index in [1.807, 2.05) is 0 Å². The van der Waals surface area contributed by atoms with Gasteiger partial charge in [-0.1, -0.05) is 72.3 Å². The standard InChI is InChI=1S/C18H18F3N3O3.C12H26.C3H6O2/c1-10-15(9-27-17(22)25)14-3-2-6-26-8-11-7-12(18(19,20)21)4-5-13(11)16(14)24-23-10;1-5-8-9-10-12(7-3)11(4)6-2;1-2-5-3-4/h4-5,7H,2-3,6,8-9H2,1H3,(H2,22,25);11-12H,5-10H2,1-4H3;3H,2H2,1H3. The number of nitrogens with two attached hydrogens (primary N) is 1. The van der Waals surface area contributed by atoms with E-state index in [1.54, 1.807) is 13.8 Å². The van der Waals surface area contributed by atoms with Crippen molar-refractivity contribution in [2.75, 3.05) is 13.2 Å². The van der Waals surface area contributed by atoms with Crippen molar-refractivity contribution in [1.29, 1.82) is 0 Å². The zero-order valence-electron chi connectivity index (χ0n) is 27.1. The van der Waals surface area contributed by atoms with Gasteiger partial charge in [0.2, 0.25) is 0 Å². The van der Waals surface area contributed by atoms with Gasteiger partial charge in [0.15, 0.2) is 0 Å². The van der Waals surface area contributed by atoms with Gasteiger partial charge in [0.25, 0.3) is 6.47 Å². The van der Waals surface area contributed by atoms with Crippen LogP contribution in [-0.2, 0) is 44.8 Å². The molecule has 1 aliphatic heterocycles. The number of nitrogens with zero attached hydrogens (tertiary/aromatic N) is 2. The van der Waals surface area contributed by atoms with Crippen LogP contribution in [0.2, 0.25) is 0 Å². The number of alkyl halides is 3. The zero-order valence-corrected chi connectivity index (χ0v) is 27.1. The van der Waals surface area contributed by atoms with E-state index in [0.717, 1.165) is 29.5 Å². The molecule has 11 heteroatoms. The molecule has 1 aromatic carbocycles. The van der Waals surface area contributed by atoms with E-state index in [4.69, 9.17) is 15.2 Å². The predicted octanol–water partition coefficient (Wildman–Crippen LogP) is 8.35. The molecule has 1 amide bonds. The van der Waals surface area contributed by atoms with E-state index in [9.17, 15) is 22.8 Å². The summed E-state index contributed by atoms with van der Waals surface area (Å²) in [6.45, 7) is 14.1. The number of unbranched alkanes of at least 4 members (excludes halogenated alkanes) is 2. The molecular formula is C33H50F3N3O5. The van der Waals surface area contributed by atoms with Crippen molar-refractivity contribution in [3.05, 3.63) is 46.1 Å². The van der Waals surface area contributed by atoms with Crippen molar-refractivity contribution >= 4 is 12.6 Å². The fraction of sp³-hybridized carbons (Fsp3) is 0.636. The monoisotopic (exact) mass is 625 g/mol. The summed E-state index contributed by atoms with van der Waals surface area (Å²) in [5.74, 6) is 1.92. The van der Waals surface area contributed by atoms with E-state index in [1.165, 1.54) is 44.6 Å². The number of hydrogen-bond donors (Lipinski definition) is 1. The average molecular weight is 626 g/mol. The molecular weight excluding hydrogens is 575 g/mol. The third-order valence-electron chi connectivity index (χ3n) is 7.79. The second kappa shape index (κ2) is 20.7. The highest BCUT2D eigenvalue weighted by atomic mass is 19.4. The summed E-state index contributed by atoms with van der Waals surface area (Å²) in [4.78, 5) is 20.2. The molecule has 2 aromatic rings. The van der Waals surface area contributed by atoms with Crippen molar-refractivity contribution in [1.82, 2.24) is 10.2 Å². The van der Waals surface area contributed by atoms with Crippen molar-refractivity contribution in [3.63, 3.8) is 0 Å². The van der Waals surface area contributed by atoms with Crippen LogP contribution in [0.15, 0.2) is 18.2 Å². The van der Waals surface area contributed by atoms with E-state index in [2.05, 4.69) is 42.6 Å². The van der Waals surface area contributed by atoms with Crippen LogP contribution in [-0.4, -0.2) is 36.0 Å². The maximum Gasteiger partial charge on any atom is 0.416 e. The number of carbonyl (C=O) groups is 2. The third-order valence-corrected chi connectivity index (χ3v) is 7.79. The van der Waals surface area contributed by atoms with Crippen molar-refractivity contribution in [2.24, 2.45) is 17.6 Å². The Morgan fingerprint density at radius 1 is 1.14 bits per heavy atom. The third kappa shape index (κ3) is 13.2. The molecule has 3 rings (SSSR count). The smallest absolute Gasteiger partial charge is 0.416 e. The Hall–Kier alpha value is -3.21. The van der Waals surface area contributed by atoms with Crippen LogP contribution in [0.5, 0.6) is 0 Å². The predicted molar refractivity (Wildman–Crippen MR) is 165 cm³/mol. The lowest BCUT2D eigenvalue weighted by molar-refractivity contribution is -0.137. The Bertz CT molecular complexity index is 1140. The van der Waals surface area contributed by atoms with Gasteiger partial charge >= 0.3 is 12.3 Å². The minimum absolute atomic E-state index is 0.0430. The summed E-state index contributed by atoms with van der Waals surface area (Å²) in [5, 5.41) is 8.32. The molecule has 0 fully saturated rings. The molecule has 248 valence electrons. The topological polar surface area (TPSA) is 114 Å². The van der Waals surface area contributed by atoms with Gasteiger partial charge in [-0.2, -0.15) is 18.3 Å². The molecule has 2 unspecified atom stereocenters. The number of rotatable bonds is 11. The van der Waals surface area contributed by atoms with Crippen LogP contribution >= 0.6 is 0 Å². The number of benzene rings is 1. The Morgan fingerprint density at radius 3 is 2.41 bits per heavy atom. The van der Waals surface area contributed by atoms with Crippen LogP contribution in [0.1, 0.15) is 108 Å². The maximum atomic E-state index is 13.1. The highest BCUT2D eigenvalue weighted by Crippen LogP contribution is 2.36. The van der Waals surface area contributed by atoms with Gasteiger partial charge in [0, 0.05) is 17.7 Å². The molecule has 1 aliphatic rings. The molecule has 0 radical (unpaired) electrons. The van der Waals surface area contributed by atoms with E-state index < -0.39 is 17.8 Å². The number of carbonyl (C=O) groups excluding carboxylic acids is 2. The summed E-state index contributed by atoms with van der Waals surface area (Å²) in [7, 11) is 0. The van der Waals surface area contributed by atoms with E-state index >= 15 is 0 Å². The molecule has 0 spiro atoms. The zero-order chi connectivity index (χ0) is 33.1. The van der Waals surface area contributed by atoms with Crippen LogP contribution < -0.4 is 5.73 Å². The molecule has 2 N–H and O–H groups in total. The number of aromatic nitrogens is 2. The summed E-state index contributed by atoms with van der Waals surface area (Å²) < 4.78 is 53.8. The van der Waals surface area contributed by atoms with Gasteiger partial charge in [-0.05, 0) is 61.8 Å². The molecule has 8 nitrogen and oxygen atoms in total. The summed E-state index contributed by atoms with van der Waals surface area (Å²) in [6.07, 6.45) is 4.24. The summed E-state index contributed by atoms with van der Waals surface area (Å²) in [6, 6.07) is 3.47. The summed E-state index contributed by atoms with van der Waals surface area (Å²) in [5.41, 5.74) is 7.69. The first-order chi connectivity index (χ1) is 20.9.